The minimum absolute atomic E-state index is 0.139. The summed E-state index contributed by atoms with van der Waals surface area (Å²) in [6.07, 6.45) is -3.97. The number of aromatic nitrogens is 1. The molecule has 166 valence electrons. The second-order valence-electron chi connectivity index (χ2n) is 7.22. The number of nitrogens with one attached hydrogen (secondary N) is 1. The summed E-state index contributed by atoms with van der Waals surface area (Å²) in [4.78, 5) is 18.3. The number of aliphatic hydroxyl groups excluding tert-OH is 1. The van der Waals surface area contributed by atoms with Gasteiger partial charge in [-0.25, -0.2) is 4.98 Å². The maximum absolute atomic E-state index is 13.0. The van der Waals surface area contributed by atoms with Gasteiger partial charge in [-0.1, -0.05) is 36.4 Å². The summed E-state index contributed by atoms with van der Waals surface area (Å²) in [6, 6.07) is 13.2. The van der Waals surface area contributed by atoms with Crippen LogP contribution < -0.4 is 5.32 Å². The summed E-state index contributed by atoms with van der Waals surface area (Å²) in [5.74, 6) is -0.274. The number of benzene rings is 2. The highest BCUT2D eigenvalue weighted by molar-refractivity contribution is 7.21. The molecule has 0 atom stereocenters. The first-order chi connectivity index (χ1) is 15.3. The van der Waals surface area contributed by atoms with Crippen LogP contribution in [0, 0.1) is 6.92 Å². The van der Waals surface area contributed by atoms with Crippen LogP contribution in [0.2, 0.25) is 0 Å². The second-order valence-corrected chi connectivity index (χ2v) is 9.36. The van der Waals surface area contributed by atoms with E-state index in [9.17, 15) is 18.0 Å². The van der Waals surface area contributed by atoms with E-state index in [1.165, 1.54) is 34.8 Å². The first-order valence-electron chi connectivity index (χ1n) is 9.80. The molecule has 0 saturated heterocycles. The van der Waals surface area contributed by atoms with Crippen molar-refractivity contribution in [3.05, 3.63) is 75.1 Å². The predicted molar refractivity (Wildman–Crippen MR) is 121 cm³/mol. The van der Waals surface area contributed by atoms with Crippen molar-refractivity contribution in [1.82, 2.24) is 10.3 Å². The number of thiophene rings is 1. The number of carbonyl (C=O) groups excluding carboxylic acids is 1. The number of rotatable bonds is 6. The monoisotopic (exact) mass is 476 g/mol. The molecule has 0 bridgehead atoms. The number of hydrogen-bond donors (Lipinski definition) is 2. The van der Waals surface area contributed by atoms with Gasteiger partial charge in [-0.3, -0.25) is 4.79 Å². The van der Waals surface area contributed by atoms with Gasteiger partial charge in [-0.05, 0) is 30.0 Å². The summed E-state index contributed by atoms with van der Waals surface area (Å²) >= 11 is 2.80. The molecule has 2 heterocycles. The van der Waals surface area contributed by atoms with Gasteiger partial charge >= 0.3 is 6.18 Å². The zero-order chi connectivity index (χ0) is 22.9. The number of halogens is 3. The number of hydrogen-bond acceptors (Lipinski definition) is 5. The standard InChI is InChI=1S/C23H19F3N2O2S2/c1-13-19(21(30)27-8-9-29)32-22(28-13)18-7-3-5-15-12-17(31-20(15)18)11-14-4-2-6-16(10-14)23(24,25)26/h2-7,10,12,29H,8-9,11H2,1H3,(H,27,30). The van der Waals surface area contributed by atoms with Gasteiger partial charge in [0.15, 0.2) is 0 Å². The number of fused-ring (bicyclic) bond motifs is 1. The molecule has 2 N–H and O–H groups in total. The Kier molecular flexibility index (Phi) is 6.32. The highest BCUT2D eigenvalue weighted by Crippen LogP contribution is 2.38. The summed E-state index contributed by atoms with van der Waals surface area (Å²) in [6.45, 7) is 1.80. The van der Waals surface area contributed by atoms with Crippen LogP contribution in [0.15, 0.2) is 48.5 Å². The van der Waals surface area contributed by atoms with Crippen molar-refractivity contribution in [2.45, 2.75) is 19.5 Å². The van der Waals surface area contributed by atoms with E-state index < -0.39 is 11.7 Å². The summed E-state index contributed by atoms with van der Waals surface area (Å²) in [5, 5.41) is 13.2. The van der Waals surface area contributed by atoms with Crippen LogP contribution >= 0.6 is 22.7 Å². The Balaban J connectivity index is 1.66. The molecule has 0 aliphatic heterocycles. The largest absolute Gasteiger partial charge is 0.416 e. The Morgan fingerprint density at radius 1 is 1.12 bits per heavy atom. The van der Waals surface area contributed by atoms with Crippen LogP contribution in [0.25, 0.3) is 20.7 Å². The average molecular weight is 477 g/mol. The fourth-order valence-electron chi connectivity index (χ4n) is 3.40. The predicted octanol–water partition coefficient (Wildman–Crippen LogP) is 5.66. The summed E-state index contributed by atoms with van der Waals surface area (Å²) in [5.41, 5.74) is 1.44. The Bertz CT molecular complexity index is 1280. The molecular formula is C23H19F3N2O2S2. The van der Waals surface area contributed by atoms with E-state index in [0.717, 1.165) is 26.6 Å². The molecular weight excluding hydrogens is 457 g/mol. The lowest BCUT2D eigenvalue weighted by Gasteiger charge is -2.08. The second kappa shape index (κ2) is 9.01. The third-order valence-electron chi connectivity index (χ3n) is 4.86. The molecule has 2 aromatic heterocycles. The van der Waals surface area contributed by atoms with Crippen LogP contribution in [-0.2, 0) is 12.6 Å². The molecule has 4 nitrogen and oxygen atoms in total. The van der Waals surface area contributed by atoms with Gasteiger partial charge < -0.3 is 10.4 Å². The van der Waals surface area contributed by atoms with Crippen LogP contribution in [0.1, 0.15) is 31.4 Å². The van der Waals surface area contributed by atoms with Crippen molar-refractivity contribution in [2.24, 2.45) is 0 Å². The maximum Gasteiger partial charge on any atom is 0.416 e. The Morgan fingerprint density at radius 2 is 1.91 bits per heavy atom. The minimum Gasteiger partial charge on any atom is -0.395 e. The Hall–Kier alpha value is -2.75. The zero-order valence-corrected chi connectivity index (χ0v) is 18.6. The summed E-state index contributed by atoms with van der Waals surface area (Å²) in [7, 11) is 0. The SMILES string of the molecule is Cc1nc(-c2cccc3cc(Cc4cccc(C(F)(F)F)c4)sc23)sc1C(=O)NCCO. The van der Waals surface area contributed by atoms with Gasteiger partial charge in [0.25, 0.3) is 5.91 Å². The zero-order valence-electron chi connectivity index (χ0n) is 17.0. The molecule has 0 unspecified atom stereocenters. The quantitative estimate of drug-likeness (QED) is 0.377. The van der Waals surface area contributed by atoms with Crippen molar-refractivity contribution >= 4 is 38.7 Å². The minimum atomic E-state index is -4.37. The van der Waals surface area contributed by atoms with Crippen molar-refractivity contribution in [1.29, 1.82) is 0 Å². The van der Waals surface area contributed by atoms with Crippen LogP contribution in [0.3, 0.4) is 0 Å². The van der Waals surface area contributed by atoms with Crippen molar-refractivity contribution in [3.8, 4) is 10.6 Å². The molecule has 9 heteroatoms. The molecule has 0 radical (unpaired) electrons. The van der Waals surface area contributed by atoms with Crippen LogP contribution in [-0.4, -0.2) is 29.1 Å². The van der Waals surface area contributed by atoms with Crippen molar-refractivity contribution < 1.29 is 23.1 Å². The number of alkyl halides is 3. The van der Waals surface area contributed by atoms with Crippen LogP contribution in [0.5, 0.6) is 0 Å². The molecule has 4 aromatic rings. The van der Waals surface area contributed by atoms with Gasteiger partial charge in [0, 0.05) is 28.1 Å². The van der Waals surface area contributed by atoms with Gasteiger partial charge in [0.05, 0.1) is 17.9 Å². The van der Waals surface area contributed by atoms with E-state index in [1.54, 1.807) is 13.0 Å². The molecule has 0 spiro atoms. The molecule has 0 fully saturated rings. The topological polar surface area (TPSA) is 62.2 Å². The molecule has 0 saturated carbocycles. The lowest BCUT2D eigenvalue weighted by atomic mass is 10.1. The fraction of sp³-hybridized carbons (Fsp3) is 0.217. The van der Waals surface area contributed by atoms with E-state index in [4.69, 9.17) is 5.11 Å². The maximum atomic E-state index is 13.0. The first kappa shape index (κ1) is 22.4. The molecule has 0 aliphatic rings. The Morgan fingerprint density at radius 3 is 2.66 bits per heavy atom. The van der Waals surface area contributed by atoms with Gasteiger partial charge in [-0.2, -0.15) is 13.2 Å². The Labute approximate surface area is 190 Å². The lowest BCUT2D eigenvalue weighted by molar-refractivity contribution is -0.137. The number of nitrogens with zero attached hydrogens (tertiary/aromatic N) is 1. The first-order valence-corrected chi connectivity index (χ1v) is 11.4. The molecule has 4 rings (SSSR count). The van der Waals surface area contributed by atoms with Crippen molar-refractivity contribution in [3.63, 3.8) is 0 Å². The van der Waals surface area contributed by atoms with Crippen LogP contribution in [0.4, 0.5) is 13.2 Å². The summed E-state index contributed by atoms with van der Waals surface area (Å²) < 4.78 is 40.1. The van der Waals surface area contributed by atoms with E-state index in [-0.39, 0.29) is 19.1 Å². The lowest BCUT2D eigenvalue weighted by Crippen LogP contribution is -2.26. The molecule has 32 heavy (non-hydrogen) atoms. The third kappa shape index (κ3) is 4.69. The molecule has 0 aliphatic carbocycles. The number of aliphatic hydroxyl groups is 1. The van der Waals surface area contributed by atoms with E-state index in [2.05, 4.69) is 10.3 Å². The highest BCUT2D eigenvalue weighted by Gasteiger charge is 2.30. The number of thiazole rings is 1. The highest BCUT2D eigenvalue weighted by atomic mass is 32.1. The van der Waals surface area contributed by atoms with Gasteiger partial charge in [0.1, 0.15) is 9.88 Å². The third-order valence-corrected chi connectivity index (χ3v) is 7.23. The molecule has 2 aromatic carbocycles. The van der Waals surface area contributed by atoms with E-state index in [0.29, 0.717) is 27.6 Å². The fourth-order valence-corrected chi connectivity index (χ4v) is 5.69. The van der Waals surface area contributed by atoms with E-state index in [1.807, 2.05) is 24.3 Å². The number of amides is 1. The van der Waals surface area contributed by atoms with Gasteiger partial charge in [-0.15, -0.1) is 22.7 Å². The molecule has 1 amide bonds. The normalized spacial score (nSPS) is 11.8. The number of carbonyl (C=O) groups is 1. The smallest absolute Gasteiger partial charge is 0.395 e. The van der Waals surface area contributed by atoms with Gasteiger partial charge in [0.2, 0.25) is 0 Å². The van der Waals surface area contributed by atoms with Crippen molar-refractivity contribution in [2.75, 3.05) is 13.2 Å². The number of aryl methyl sites for hydroxylation is 1. The average Bonchev–Trinajstić information content (AvgIpc) is 3.34. The van der Waals surface area contributed by atoms with E-state index >= 15 is 0 Å².